The van der Waals surface area contributed by atoms with Crippen LogP contribution in [0.1, 0.15) is 13.8 Å². The van der Waals surface area contributed by atoms with E-state index in [2.05, 4.69) is 0 Å². The van der Waals surface area contributed by atoms with Gasteiger partial charge in [-0.25, -0.2) is 0 Å². The van der Waals surface area contributed by atoms with Gasteiger partial charge in [0.1, 0.15) is 0 Å². The van der Waals surface area contributed by atoms with Crippen molar-refractivity contribution in [2.24, 2.45) is 0 Å². The van der Waals surface area contributed by atoms with Gasteiger partial charge in [0.15, 0.2) is 11.6 Å². The standard InChI is InChI=1S/C4H6O2.2H3N/c1-3(5)4(2)6;;/h1-2H3;2*1H3. The van der Waals surface area contributed by atoms with Crippen molar-refractivity contribution in [2.75, 3.05) is 0 Å². The van der Waals surface area contributed by atoms with E-state index < -0.39 is 0 Å². The summed E-state index contributed by atoms with van der Waals surface area (Å²) in [6, 6.07) is 0. The molecule has 50 valence electrons. The zero-order valence-corrected chi connectivity index (χ0v) is 5.23. The topological polar surface area (TPSA) is 104 Å². The zero-order chi connectivity index (χ0) is 5.15. The molecule has 0 unspecified atom stereocenters. The molecule has 0 spiro atoms. The number of Topliss-reactive ketones (excluding diaryl/α,β-unsaturated/α-hetero) is 2. The monoisotopic (exact) mass is 120 g/mol. The molecule has 0 atom stereocenters. The van der Waals surface area contributed by atoms with Crippen molar-refractivity contribution < 1.29 is 9.59 Å². The number of rotatable bonds is 1. The molecule has 0 bridgehead atoms. The van der Waals surface area contributed by atoms with Crippen LogP contribution in [0.4, 0.5) is 0 Å². The zero-order valence-electron chi connectivity index (χ0n) is 5.23. The van der Waals surface area contributed by atoms with Crippen molar-refractivity contribution >= 4 is 11.6 Å². The summed E-state index contributed by atoms with van der Waals surface area (Å²) in [6.07, 6.45) is 0. The minimum absolute atomic E-state index is 0. The van der Waals surface area contributed by atoms with Crippen molar-refractivity contribution in [3.63, 3.8) is 0 Å². The van der Waals surface area contributed by atoms with E-state index in [-0.39, 0.29) is 23.9 Å². The lowest BCUT2D eigenvalue weighted by Gasteiger charge is -1.73. The third kappa shape index (κ3) is 8.98. The fraction of sp³-hybridized carbons (Fsp3) is 0.500. The van der Waals surface area contributed by atoms with Gasteiger partial charge in [-0.2, -0.15) is 0 Å². The van der Waals surface area contributed by atoms with Crippen LogP contribution in [-0.2, 0) is 9.59 Å². The molecule has 0 radical (unpaired) electrons. The van der Waals surface area contributed by atoms with Crippen LogP contribution in [0.15, 0.2) is 0 Å². The van der Waals surface area contributed by atoms with E-state index in [0.717, 1.165) is 0 Å². The molecular weight excluding hydrogens is 108 g/mol. The predicted molar refractivity (Wildman–Crippen MR) is 31.4 cm³/mol. The lowest BCUT2D eigenvalue weighted by Crippen LogP contribution is -2.01. The van der Waals surface area contributed by atoms with Crippen molar-refractivity contribution in [1.82, 2.24) is 12.3 Å². The Morgan fingerprint density at radius 1 is 0.875 bits per heavy atom. The van der Waals surface area contributed by atoms with E-state index in [1.165, 1.54) is 13.8 Å². The molecule has 0 aromatic heterocycles. The highest BCUT2D eigenvalue weighted by atomic mass is 16.2. The molecule has 0 saturated heterocycles. The van der Waals surface area contributed by atoms with Crippen LogP contribution >= 0.6 is 0 Å². The van der Waals surface area contributed by atoms with Crippen LogP contribution in [0.2, 0.25) is 0 Å². The van der Waals surface area contributed by atoms with Gasteiger partial charge in [0.2, 0.25) is 0 Å². The fourth-order valence-corrected chi connectivity index (χ4v) is 0. The van der Waals surface area contributed by atoms with Crippen LogP contribution < -0.4 is 12.3 Å². The summed E-state index contributed by atoms with van der Waals surface area (Å²) < 4.78 is 0. The molecule has 0 amide bonds. The average Bonchev–Trinajstić information content (AvgIpc) is 1.36. The van der Waals surface area contributed by atoms with Gasteiger partial charge in [0.05, 0.1) is 0 Å². The minimum atomic E-state index is -0.380. The van der Waals surface area contributed by atoms with Crippen LogP contribution in [0.3, 0.4) is 0 Å². The SMILES string of the molecule is CC(=O)C(C)=O.N.N. The lowest BCUT2D eigenvalue weighted by molar-refractivity contribution is -0.134. The van der Waals surface area contributed by atoms with E-state index in [4.69, 9.17) is 0 Å². The molecule has 0 rings (SSSR count). The summed E-state index contributed by atoms with van der Waals surface area (Å²) >= 11 is 0. The molecule has 0 fully saturated rings. The Hall–Kier alpha value is -0.740. The highest BCUT2D eigenvalue weighted by Crippen LogP contribution is 1.66. The first-order chi connectivity index (χ1) is 2.64. The molecule has 6 N–H and O–H groups in total. The maximum Gasteiger partial charge on any atom is 0.195 e. The second-order valence-electron chi connectivity index (χ2n) is 1.11. The first-order valence-corrected chi connectivity index (χ1v) is 1.66. The molecule has 0 aromatic carbocycles. The second kappa shape index (κ2) is 6.26. The Labute approximate surface area is 48.4 Å². The number of hydrogen-bond acceptors (Lipinski definition) is 4. The quantitative estimate of drug-likeness (QED) is 0.491. The van der Waals surface area contributed by atoms with E-state index in [9.17, 15) is 9.59 Å². The van der Waals surface area contributed by atoms with Gasteiger partial charge in [-0.15, -0.1) is 0 Å². The van der Waals surface area contributed by atoms with Crippen molar-refractivity contribution in [1.29, 1.82) is 0 Å². The van der Waals surface area contributed by atoms with Gasteiger partial charge in [-0.05, 0) is 0 Å². The van der Waals surface area contributed by atoms with Gasteiger partial charge in [-0.1, -0.05) is 0 Å². The maximum atomic E-state index is 9.79. The fourth-order valence-electron chi connectivity index (χ4n) is 0. The molecule has 0 heterocycles. The Morgan fingerprint density at radius 2 is 1.00 bits per heavy atom. The van der Waals surface area contributed by atoms with E-state index >= 15 is 0 Å². The molecular formula is C4H12N2O2. The van der Waals surface area contributed by atoms with Crippen LogP contribution in [0.5, 0.6) is 0 Å². The molecule has 4 nitrogen and oxygen atoms in total. The van der Waals surface area contributed by atoms with Gasteiger partial charge < -0.3 is 12.3 Å². The Balaban J connectivity index is -0.000000125. The largest absolute Gasteiger partial charge is 0.344 e. The summed E-state index contributed by atoms with van der Waals surface area (Å²) in [5.41, 5.74) is 0. The molecule has 0 aromatic rings. The maximum absolute atomic E-state index is 9.79. The Kier molecular flexibility index (Phi) is 12.3. The average molecular weight is 120 g/mol. The second-order valence-corrected chi connectivity index (χ2v) is 1.11. The van der Waals surface area contributed by atoms with E-state index in [0.29, 0.717) is 0 Å². The van der Waals surface area contributed by atoms with E-state index in [1.54, 1.807) is 0 Å². The highest BCUT2D eigenvalue weighted by molar-refractivity contribution is 6.35. The normalized spacial score (nSPS) is 5.75. The molecule has 0 aliphatic heterocycles. The summed E-state index contributed by atoms with van der Waals surface area (Å²) in [5.74, 6) is -0.759. The van der Waals surface area contributed by atoms with Gasteiger partial charge in [0.25, 0.3) is 0 Å². The first kappa shape index (κ1) is 15.7. The molecule has 0 aliphatic rings. The summed E-state index contributed by atoms with van der Waals surface area (Å²) in [6.45, 7) is 2.50. The van der Waals surface area contributed by atoms with Gasteiger partial charge in [0, 0.05) is 13.8 Å². The molecule has 0 aliphatic carbocycles. The summed E-state index contributed by atoms with van der Waals surface area (Å²) in [5, 5.41) is 0. The first-order valence-electron chi connectivity index (χ1n) is 1.66. The number of ketones is 2. The van der Waals surface area contributed by atoms with Crippen molar-refractivity contribution in [2.45, 2.75) is 13.8 Å². The number of carbonyl (C=O) groups excluding carboxylic acids is 2. The lowest BCUT2D eigenvalue weighted by atomic mass is 10.3. The van der Waals surface area contributed by atoms with Crippen molar-refractivity contribution in [3.8, 4) is 0 Å². The van der Waals surface area contributed by atoms with E-state index in [1.807, 2.05) is 0 Å². The van der Waals surface area contributed by atoms with Crippen molar-refractivity contribution in [3.05, 3.63) is 0 Å². The third-order valence-corrected chi connectivity index (χ3v) is 0.496. The highest BCUT2D eigenvalue weighted by Gasteiger charge is 1.94. The number of carbonyl (C=O) groups is 2. The van der Waals surface area contributed by atoms with Crippen LogP contribution in [-0.4, -0.2) is 11.6 Å². The smallest absolute Gasteiger partial charge is 0.195 e. The third-order valence-electron chi connectivity index (χ3n) is 0.496. The minimum Gasteiger partial charge on any atom is -0.344 e. The molecule has 4 heteroatoms. The Bertz CT molecular complexity index is 78.0. The number of hydrogen-bond donors (Lipinski definition) is 2. The molecule has 8 heavy (non-hydrogen) atoms. The van der Waals surface area contributed by atoms with Crippen LogP contribution in [0.25, 0.3) is 0 Å². The molecule has 0 saturated carbocycles. The Morgan fingerprint density at radius 3 is 1.00 bits per heavy atom. The summed E-state index contributed by atoms with van der Waals surface area (Å²) in [4.78, 5) is 19.6. The summed E-state index contributed by atoms with van der Waals surface area (Å²) in [7, 11) is 0. The predicted octanol–water partition coefficient (Wildman–Crippen LogP) is 0.488. The van der Waals surface area contributed by atoms with Gasteiger partial charge in [-0.3, -0.25) is 9.59 Å². The van der Waals surface area contributed by atoms with Crippen LogP contribution in [0, 0.1) is 0 Å². The van der Waals surface area contributed by atoms with Gasteiger partial charge >= 0.3 is 0 Å².